The molecule has 0 heterocycles. The van der Waals surface area contributed by atoms with Crippen molar-refractivity contribution in [2.24, 2.45) is 5.92 Å². The maximum absolute atomic E-state index is 4.93. The van der Waals surface area contributed by atoms with Gasteiger partial charge in [-0.3, -0.25) is 0 Å². The minimum absolute atomic E-state index is 0.614. The number of nitrogens with one attached hydrogen (secondary N) is 1. The molecule has 0 amide bonds. The minimum atomic E-state index is 0.614. The third-order valence-corrected chi connectivity index (χ3v) is 1.55. The Morgan fingerprint density at radius 3 is 2.69 bits per heavy atom. The van der Waals surface area contributed by atoms with Crippen LogP contribution in [0.4, 0.5) is 0 Å². The first-order valence-electron chi connectivity index (χ1n) is 4.74. The molecule has 1 N–H and O–H groups in total. The summed E-state index contributed by atoms with van der Waals surface area (Å²) in [7, 11) is 1.71. The quantitative estimate of drug-likeness (QED) is 0.504. The van der Waals surface area contributed by atoms with Crippen molar-refractivity contribution in [2.75, 3.05) is 20.3 Å². The second-order valence-corrected chi connectivity index (χ2v) is 3.40. The SMILES string of the molecule is COCCN/C(C)=C/C=C\C(C)C. The Morgan fingerprint density at radius 2 is 2.15 bits per heavy atom. The summed E-state index contributed by atoms with van der Waals surface area (Å²) in [5.74, 6) is 0.614. The van der Waals surface area contributed by atoms with Crippen molar-refractivity contribution >= 4 is 0 Å². The standard InChI is InChI=1S/C11H21NO/c1-10(2)6-5-7-11(3)12-8-9-13-4/h5-7,10,12H,8-9H2,1-4H3/b6-5-,11-7+. The highest BCUT2D eigenvalue weighted by molar-refractivity contribution is 5.09. The Balaban J connectivity index is 3.62. The molecular formula is C11H21NO. The molecule has 2 heteroatoms. The van der Waals surface area contributed by atoms with Crippen LogP contribution in [0, 0.1) is 5.92 Å². The van der Waals surface area contributed by atoms with E-state index >= 15 is 0 Å². The maximum atomic E-state index is 4.93. The Labute approximate surface area is 81.7 Å². The number of hydrogen-bond acceptors (Lipinski definition) is 2. The maximum Gasteiger partial charge on any atom is 0.0635 e. The van der Waals surface area contributed by atoms with Crippen molar-refractivity contribution in [1.82, 2.24) is 5.32 Å². The molecule has 0 rings (SSSR count). The Morgan fingerprint density at radius 1 is 1.46 bits per heavy atom. The lowest BCUT2D eigenvalue weighted by Gasteiger charge is -2.03. The third kappa shape index (κ3) is 9.15. The van der Waals surface area contributed by atoms with Gasteiger partial charge < -0.3 is 10.1 Å². The first kappa shape index (κ1) is 12.2. The van der Waals surface area contributed by atoms with Crippen LogP contribution in [0.1, 0.15) is 20.8 Å². The van der Waals surface area contributed by atoms with E-state index in [1.54, 1.807) is 7.11 Å². The molecule has 76 valence electrons. The molecule has 0 aliphatic rings. The van der Waals surface area contributed by atoms with Crippen LogP contribution in [0.2, 0.25) is 0 Å². The van der Waals surface area contributed by atoms with Gasteiger partial charge in [0.15, 0.2) is 0 Å². The van der Waals surface area contributed by atoms with E-state index in [1.165, 1.54) is 5.70 Å². The fourth-order valence-corrected chi connectivity index (χ4v) is 0.831. The van der Waals surface area contributed by atoms with Gasteiger partial charge in [-0.1, -0.05) is 26.0 Å². The van der Waals surface area contributed by atoms with Gasteiger partial charge in [-0.15, -0.1) is 0 Å². The van der Waals surface area contributed by atoms with Gasteiger partial charge in [-0.2, -0.15) is 0 Å². The van der Waals surface area contributed by atoms with Crippen LogP contribution in [0.15, 0.2) is 23.9 Å². The highest BCUT2D eigenvalue weighted by atomic mass is 16.5. The largest absolute Gasteiger partial charge is 0.386 e. The summed E-state index contributed by atoms with van der Waals surface area (Å²) in [5, 5.41) is 3.24. The Kier molecular flexibility index (Phi) is 7.41. The molecule has 0 saturated carbocycles. The smallest absolute Gasteiger partial charge is 0.0635 e. The molecule has 2 nitrogen and oxygen atoms in total. The zero-order chi connectivity index (χ0) is 10.1. The molecule has 0 bridgehead atoms. The molecule has 0 aromatic rings. The van der Waals surface area contributed by atoms with Crippen molar-refractivity contribution < 1.29 is 4.74 Å². The fourth-order valence-electron chi connectivity index (χ4n) is 0.831. The van der Waals surface area contributed by atoms with Crippen LogP contribution in [0.25, 0.3) is 0 Å². The minimum Gasteiger partial charge on any atom is -0.386 e. The molecule has 0 aromatic heterocycles. The monoisotopic (exact) mass is 183 g/mol. The summed E-state index contributed by atoms with van der Waals surface area (Å²) < 4.78 is 4.93. The molecule has 0 spiro atoms. The van der Waals surface area contributed by atoms with Crippen LogP contribution < -0.4 is 5.32 Å². The predicted octanol–water partition coefficient (Wildman–Crippen LogP) is 2.34. The van der Waals surface area contributed by atoms with Crippen LogP contribution in [0.3, 0.4) is 0 Å². The predicted molar refractivity (Wildman–Crippen MR) is 57.6 cm³/mol. The number of methoxy groups -OCH3 is 1. The van der Waals surface area contributed by atoms with Crippen molar-refractivity contribution in [2.45, 2.75) is 20.8 Å². The average molecular weight is 183 g/mol. The summed E-state index contributed by atoms with van der Waals surface area (Å²) in [6.45, 7) is 8.00. The summed E-state index contributed by atoms with van der Waals surface area (Å²) in [5.41, 5.74) is 1.17. The number of ether oxygens (including phenoxy) is 1. The van der Waals surface area contributed by atoms with E-state index in [0.29, 0.717) is 5.92 Å². The lowest BCUT2D eigenvalue weighted by Crippen LogP contribution is -2.16. The van der Waals surface area contributed by atoms with E-state index in [2.05, 4.69) is 44.3 Å². The molecule has 0 fully saturated rings. The highest BCUT2D eigenvalue weighted by Crippen LogP contribution is 1.95. The van der Waals surface area contributed by atoms with E-state index in [-0.39, 0.29) is 0 Å². The fraction of sp³-hybridized carbons (Fsp3) is 0.636. The van der Waals surface area contributed by atoms with Crippen LogP contribution >= 0.6 is 0 Å². The lowest BCUT2D eigenvalue weighted by molar-refractivity contribution is 0.202. The number of hydrogen-bond donors (Lipinski definition) is 1. The molecule has 0 aliphatic heterocycles. The van der Waals surface area contributed by atoms with Crippen LogP contribution in [-0.2, 0) is 4.74 Å². The van der Waals surface area contributed by atoms with Gasteiger partial charge in [-0.05, 0) is 18.9 Å². The van der Waals surface area contributed by atoms with E-state index in [1.807, 2.05) is 0 Å². The zero-order valence-corrected chi connectivity index (χ0v) is 9.13. The zero-order valence-electron chi connectivity index (χ0n) is 9.13. The summed E-state index contributed by atoms with van der Waals surface area (Å²) in [6, 6.07) is 0. The summed E-state index contributed by atoms with van der Waals surface area (Å²) in [4.78, 5) is 0. The second-order valence-electron chi connectivity index (χ2n) is 3.40. The van der Waals surface area contributed by atoms with Gasteiger partial charge >= 0.3 is 0 Å². The molecular weight excluding hydrogens is 162 g/mol. The van der Waals surface area contributed by atoms with Crippen molar-refractivity contribution in [3.05, 3.63) is 23.9 Å². The van der Waals surface area contributed by atoms with Gasteiger partial charge in [0.05, 0.1) is 6.61 Å². The topological polar surface area (TPSA) is 21.3 Å². The van der Waals surface area contributed by atoms with Gasteiger partial charge in [0.25, 0.3) is 0 Å². The van der Waals surface area contributed by atoms with Gasteiger partial charge in [0.1, 0.15) is 0 Å². The third-order valence-electron chi connectivity index (χ3n) is 1.55. The average Bonchev–Trinajstić information content (AvgIpc) is 2.04. The highest BCUT2D eigenvalue weighted by Gasteiger charge is 1.85. The van der Waals surface area contributed by atoms with Crippen molar-refractivity contribution in [1.29, 1.82) is 0 Å². The molecule has 0 radical (unpaired) electrons. The number of allylic oxidation sites excluding steroid dienone is 4. The molecule has 0 aromatic carbocycles. The van der Waals surface area contributed by atoms with Crippen LogP contribution in [0.5, 0.6) is 0 Å². The van der Waals surface area contributed by atoms with Gasteiger partial charge in [-0.25, -0.2) is 0 Å². The molecule has 0 unspecified atom stereocenters. The van der Waals surface area contributed by atoms with Gasteiger partial charge in [0.2, 0.25) is 0 Å². The van der Waals surface area contributed by atoms with Crippen molar-refractivity contribution in [3.63, 3.8) is 0 Å². The molecule has 0 saturated heterocycles. The second kappa shape index (κ2) is 7.87. The van der Waals surface area contributed by atoms with E-state index < -0.39 is 0 Å². The Hall–Kier alpha value is -0.760. The van der Waals surface area contributed by atoms with E-state index in [0.717, 1.165) is 13.2 Å². The lowest BCUT2D eigenvalue weighted by atomic mass is 10.2. The summed E-state index contributed by atoms with van der Waals surface area (Å²) in [6.07, 6.45) is 6.33. The number of rotatable bonds is 6. The molecule has 13 heavy (non-hydrogen) atoms. The van der Waals surface area contributed by atoms with E-state index in [9.17, 15) is 0 Å². The molecule has 0 aliphatic carbocycles. The first-order chi connectivity index (χ1) is 6.16. The first-order valence-corrected chi connectivity index (χ1v) is 4.74. The normalized spacial score (nSPS) is 12.8. The van der Waals surface area contributed by atoms with Crippen molar-refractivity contribution in [3.8, 4) is 0 Å². The van der Waals surface area contributed by atoms with Crippen LogP contribution in [-0.4, -0.2) is 20.3 Å². The van der Waals surface area contributed by atoms with E-state index in [4.69, 9.17) is 4.74 Å². The summed E-state index contributed by atoms with van der Waals surface area (Å²) >= 11 is 0. The van der Waals surface area contributed by atoms with Gasteiger partial charge in [0, 0.05) is 19.4 Å². The molecule has 0 atom stereocenters. The Bertz CT molecular complexity index is 171.